The number of halogens is 1. The third-order valence-corrected chi connectivity index (χ3v) is 2.39. The van der Waals surface area contributed by atoms with Gasteiger partial charge in [-0.3, -0.25) is 0 Å². The van der Waals surface area contributed by atoms with Crippen molar-refractivity contribution in [3.8, 4) is 6.07 Å². The van der Waals surface area contributed by atoms with Gasteiger partial charge in [-0.25, -0.2) is 0 Å². The Hall–Kier alpha value is -0.560. The third-order valence-electron chi connectivity index (χ3n) is 1.51. The lowest BCUT2D eigenvalue weighted by molar-refractivity contribution is 1.01. The Kier molecular flexibility index (Phi) is 3.37. The van der Waals surface area contributed by atoms with Gasteiger partial charge in [0.2, 0.25) is 0 Å². The summed E-state index contributed by atoms with van der Waals surface area (Å²) in [5.41, 5.74) is 1.12. The lowest BCUT2D eigenvalue weighted by Gasteiger charge is -2.02. The van der Waals surface area contributed by atoms with Crippen LogP contribution in [0.2, 0.25) is 0 Å². The zero-order valence-electron chi connectivity index (χ0n) is 6.00. The van der Waals surface area contributed by atoms with Crippen molar-refractivity contribution in [3.05, 3.63) is 35.9 Å². The maximum absolute atomic E-state index is 8.72. The minimum atomic E-state index is 0.0526. The van der Waals surface area contributed by atoms with Crippen LogP contribution in [0.1, 0.15) is 11.5 Å². The fourth-order valence-corrected chi connectivity index (χ4v) is 1.59. The Balaban J connectivity index is 2.85. The molecule has 11 heavy (non-hydrogen) atoms. The molecule has 0 saturated heterocycles. The molecule has 0 radical (unpaired) electrons. The highest BCUT2D eigenvalue weighted by molar-refractivity contribution is 14.1. The summed E-state index contributed by atoms with van der Waals surface area (Å²) in [6.07, 6.45) is 0. The molecule has 0 heterocycles. The molecule has 2 heteroatoms. The minimum absolute atomic E-state index is 0.0526. The van der Waals surface area contributed by atoms with Gasteiger partial charge in [-0.2, -0.15) is 5.26 Å². The van der Waals surface area contributed by atoms with Gasteiger partial charge < -0.3 is 0 Å². The molecule has 0 spiro atoms. The van der Waals surface area contributed by atoms with Crippen LogP contribution < -0.4 is 0 Å². The smallest absolute Gasteiger partial charge is 0.0802 e. The second-order valence-electron chi connectivity index (χ2n) is 2.25. The number of hydrogen-bond donors (Lipinski definition) is 0. The molecular weight excluding hydrogens is 249 g/mol. The summed E-state index contributed by atoms with van der Waals surface area (Å²) in [4.78, 5) is 0. The molecule has 0 N–H and O–H groups in total. The molecule has 1 unspecified atom stereocenters. The summed E-state index contributed by atoms with van der Waals surface area (Å²) in [6, 6.07) is 12.1. The molecule has 0 aromatic heterocycles. The fraction of sp³-hybridized carbons (Fsp3) is 0.222. The molecule has 0 aliphatic carbocycles. The highest BCUT2D eigenvalue weighted by Gasteiger charge is 2.06. The van der Waals surface area contributed by atoms with Crippen molar-refractivity contribution in [1.82, 2.24) is 0 Å². The highest BCUT2D eigenvalue weighted by Crippen LogP contribution is 2.16. The van der Waals surface area contributed by atoms with Gasteiger partial charge in [-0.05, 0) is 5.56 Å². The summed E-state index contributed by atoms with van der Waals surface area (Å²) in [5, 5.41) is 8.72. The van der Waals surface area contributed by atoms with E-state index in [1.807, 2.05) is 30.3 Å². The van der Waals surface area contributed by atoms with Gasteiger partial charge in [-0.1, -0.05) is 52.9 Å². The van der Waals surface area contributed by atoms with E-state index in [2.05, 4.69) is 28.7 Å². The molecule has 1 nitrogen and oxygen atoms in total. The van der Waals surface area contributed by atoms with Crippen LogP contribution in [0, 0.1) is 11.3 Å². The second kappa shape index (κ2) is 4.35. The van der Waals surface area contributed by atoms with Gasteiger partial charge in [0, 0.05) is 4.43 Å². The Morgan fingerprint density at radius 3 is 2.45 bits per heavy atom. The molecule has 0 fully saturated rings. The topological polar surface area (TPSA) is 23.8 Å². The predicted octanol–water partition coefficient (Wildman–Crippen LogP) is 2.73. The number of rotatable bonds is 2. The van der Waals surface area contributed by atoms with E-state index in [1.54, 1.807) is 0 Å². The van der Waals surface area contributed by atoms with Crippen molar-refractivity contribution >= 4 is 22.6 Å². The highest BCUT2D eigenvalue weighted by atomic mass is 127. The van der Waals surface area contributed by atoms with Crippen LogP contribution in [0.25, 0.3) is 0 Å². The fourth-order valence-electron chi connectivity index (χ4n) is 0.883. The van der Waals surface area contributed by atoms with E-state index in [1.165, 1.54) is 0 Å². The largest absolute Gasteiger partial charge is 0.198 e. The average molecular weight is 257 g/mol. The first-order valence-electron chi connectivity index (χ1n) is 3.39. The molecule has 1 aromatic rings. The van der Waals surface area contributed by atoms with E-state index < -0.39 is 0 Å². The Morgan fingerprint density at radius 1 is 1.36 bits per heavy atom. The Bertz CT molecular complexity index is 250. The third kappa shape index (κ3) is 2.19. The molecule has 1 aromatic carbocycles. The van der Waals surface area contributed by atoms with E-state index in [4.69, 9.17) is 5.26 Å². The van der Waals surface area contributed by atoms with Crippen molar-refractivity contribution in [2.45, 2.75) is 5.92 Å². The van der Waals surface area contributed by atoms with E-state index in [-0.39, 0.29) is 5.92 Å². The number of nitriles is 1. The number of benzene rings is 1. The summed E-state index contributed by atoms with van der Waals surface area (Å²) < 4.78 is 0.859. The summed E-state index contributed by atoms with van der Waals surface area (Å²) in [6.45, 7) is 0. The first-order chi connectivity index (χ1) is 5.38. The Morgan fingerprint density at radius 2 is 2.00 bits per heavy atom. The summed E-state index contributed by atoms with van der Waals surface area (Å²) in [7, 11) is 0. The van der Waals surface area contributed by atoms with Gasteiger partial charge in [0.1, 0.15) is 0 Å². The second-order valence-corrected chi connectivity index (χ2v) is 3.13. The van der Waals surface area contributed by atoms with Crippen molar-refractivity contribution in [2.75, 3.05) is 4.43 Å². The first kappa shape index (κ1) is 8.54. The molecule has 1 atom stereocenters. The van der Waals surface area contributed by atoms with Gasteiger partial charge in [0.15, 0.2) is 0 Å². The van der Waals surface area contributed by atoms with Crippen molar-refractivity contribution < 1.29 is 0 Å². The SMILES string of the molecule is N#CC(CI)c1ccccc1. The predicted molar refractivity (Wildman–Crippen MR) is 53.7 cm³/mol. The lowest BCUT2D eigenvalue weighted by Crippen LogP contribution is -1.95. The minimum Gasteiger partial charge on any atom is -0.198 e. The van der Waals surface area contributed by atoms with Crippen LogP contribution in [-0.2, 0) is 0 Å². The van der Waals surface area contributed by atoms with Crippen molar-refractivity contribution in [3.63, 3.8) is 0 Å². The van der Waals surface area contributed by atoms with Crippen LogP contribution in [0.15, 0.2) is 30.3 Å². The monoisotopic (exact) mass is 257 g/mol. The molecular formula is C9H8IN. The first-order valence-corrected chi connectivity index (χ1v) is 4.91. The molecule has 0 bridgehead atoms. The molecule has 0 amide bonds. The average Bonchev–Trinajstić information content (AvgIpc) is 2.09. The van der Waals surface area contributed by atoms with E-state index in [0.717, 1.165) is 9.99 Å². The maximum atomic E-state index is 8.72. The standard InChI is InChI=1S/C9H8IN/c10-6-9(7-11)8-4-2-1-3-5-8/h1-5,9H,6H2. The van der Waals surface area contributed by atoms with Gasteiger partial charge in [0.05, 0.1) is 12.0 Å². The van der Waals surface area contributed by atoms with Crippen molar-refractivity contribution in [2.24, 2.45) is 0 Å². The normalized spacial score (nSPS) is 12.0. The van der Waals surface area contributed by atoms with E-state index in [0.29, 0.717) is 0 Å². The van der Waals surface area contributed by atoms with Gasteiger partial charge in [-0.15, -0.1) is 0 Å². The van der Waals surface area contributed by atoms with Crippen LogP contribution in [0.3, 0.4) is 0 Å². The molecule has 56 valence electrons. The van der Waals surface area contributed by atoms with E-state index in [9.17, 15) is 0 Å². The lowest BCUT2D eigenvalue weighted by atomic mass is 10.0. The summed E-state index contributed by atoms with van der Waals surface area (Å²) in [5.74, 6) is 0.0526. The number of nitrogens with zero attached hydrogens (tertiary/aromatic N) is 1. The van der Waals surface area contributed by atoms with E-state index >= 15 is 0 Å². The zero-order valence-corrected chi connectivity index (χ0v) is 8.15. The zero-order chi connectivity index (χ0) is 8.10. The number of alkyl halides is 1. The number of hydrogen-bond acceptors (Lipinski definition) is 1. The molecule has 0 saturated carbocycles. The molecule has 0 aliphatic rings. The quantitative estimate of drug-likeness (QED) is 0.590. The maximum Gasteiger partial charge on any atom is 0.0802 e. The van der Waals surface area contributed by atoms with Crippen LogP contribution in [0.5, 0.6) is 0 Å². The Labute approximate surface area is 80.2 Å². The van der Waals surface area contributed by atoms with Crippen LogP contribution >= 0.6 is 22.6 Å². The van der Waals surface area contributed by atoms with Crippen LogP contribution in [0.4, 0.5) is 0 Å². The summed E-state index contributed by atoms with van der Waals surface area (Å²) >= 11 is 2.23. The van der Waals surface area contributed by atoms with Gasteiger partial charge >= 0.3 is 0 Å². The molecule has 0 aliphatic heterocycles. The van der Waals surface area contributed by atoms with Crippen LogP contribution in [-0.4, -0.2) is 4.43 Å². The van der Waals surface area contributed by atoms with Gasteiger partial charge in [0.25, 0.3) is 0 Å². The van der Waals surface area contributed by atoms with Crippen molar-refractivity contribution in [1.29, 1.82) is 5.26 Å². The molecule has 1 rings (SSSR count).